The molecule has 1 heterocycles. The van der Waals surface area contributed by atoms with Crippen LogP contribution < -0.4 is 10.1 Å². The van der Waals surface area contributed by atoms with E-state index < -0.39 is 0 Å². The molecule has 1 saturated heterocycles. The molecule has 2 aromatic rings. The Balaban J connectivity index is 1.66. The molecular weight excluding hydrogens is 346 g/mol. The molecule has 0 aliphatic carbocycles. The van der Waals surface area contributed by atoms with Crippen LogP contribution in [0.2, 0.25) is 5.02 Å². The molecule has 0 radical (unpaired) electrons. The van der Waals surface area contributed by atoms with Crippen LogP contribution in [0.5, 0.6) is 5.75 Å². The molecule has 1 aliphatic rings. The molecule has 3 rings (SSSR count). The van der Waals surface area contributed by atoms with E-state index in [1.54, 1.807) is 7.11 Å². The number of amidine groups is 1. The summed E-state index contributed by atoms with van der Waals surface area (Å²) in [6.45, 7) is 4.70. The van der Waals surface area contributed by atoms with Crippen molar-refractivity contribution < 1.29 is 4.74 Å². The Bertz CT molecular complexity index is 768. The predicted molar refractivity (Wildman–Crippen MR) is 109 cm³/mol. The van der Waals surface area contributed by atoms with Gasteiger partial charge in [0.25, 0.3) is 0 Å². The molecule has 4 nitrogen and oxygen atoms in total. The van der Waals surface area contributed by atoms with Crippen molar-refractivity contribution in [2.75, 3.05) is 25.5 Å². The fraction of sp³-hybridized carbons (Fsp3) is 0.381. The Kier molecular flexibility index (Phi) is 6.04. The number of likely N-dealkylation sites (tertiary alicyclic amines) is 1. The van der Waals surface area contributed by atoms with Gasteiger partial charge in [-0.3, -0.25) is 5.41 Å². The van der Waals surface area contributed by atoms with E-state index in [-0.39, 0.29) is 0 Å². The first-order valence-electron chi connectivity index (χ1n) is 9.09. The molecule has 2 N–H and O–H groups in total. The number of nitrogens with zero attached hydrogens (tertiary/aromatic N) is 1. The lowest BCUT2D eigenvalue weighted by Gasteiger charge is -2.29. The largest absolute Gasteiger partial charge is 0.495 e. The molecule has 0 unspecified atom stereocenters. The fourth-order valence-electron chi connectivity index (χ4n) is 3.37. The summed E-state index contributed by atoms with van der Waals surface area (Å²) in [5.41, 5.74) is 4.16. The van der Waals surface area contributed by atoms with E-state index in [0.29, 0.717) is 17.4 Å². The lowest BCUT2D eigenvalue weighted by molar-refractivity contribution is 0.341. The number of hydrogen-bond donors (Lipinski definition) is 2. The zero-order valence-electron chi connectivity index (χ0n) is 15.4. The number of benzene rings is 2. The Morgan fingerprint density at radius 2 is 1.85 bits per heavy atom. The Morgan fingerprint density at radius 1 is 1.15 bits per heavy atom. The third-order valence-corrected chi connectivity index (χ3v) is 5.07. The molecule has 26 heavy (non-hydrogen) atoms. The van der Waals surface area contributed by atoms with Gasteiger partial charge in [0.05, 0.1) is 12.8 Å². The predicted octanol–water partition coefficient (Wildman–Crippen LogP) is 5.08. The minimum Gasteiger partial charge on any atom is -0.495 e. The topological polar surface area (TPSA) is 48.4 Å². The third-order valence-electron chi connectivity index (χ3n) is 4.85. The van der Waals surface area contributed by atoms with E-state index in [2.05, 4.69) is 22.3 Å². The molecule has 1 aliphatic heterocycles. The van der Waals surface area contributed by atoms with Crippen molar-refractivity contribution in [3.05, 3.63) is 58.1 Å². The average molecular weight is 372 g/mol. The number of aryl methyl sites for hydroxylation is 1. The quantitative estimate of drug-likeness (QED) is 0.569. The van der Waals surface area contributed by atoms with Crippen LogP contribution in [0.4, 0.5) is 5.69 Å². The second kappa shape index (κ2) is 8.45. The summed E-state index contributed by atoms with van der Waals surface area (Å²) in [5.74, 6) is 1.39. The van der Waals surface area contributed by atoms with Crippen molar-refractivity contribution in [2.24, 2.45) is 0 Å². The van der Waals surface area contributed by atoms with Gasteiger partial charge in [-0.2, -0.15) is 0 Å². The highest BCUT2D eigenvalue weighted by molar-refractivity contribution is 6.31. The molecule has 5 heteroatoms. The second-order valence-electron chi connectivity index (χ2n) is 6.75. The van der Waals surface area contributed by atoms with Gasteiger partial charge in [-0.1, -0.05) is 35.9 Å². The Morgan fingerprint density at radius 3 is 2.50 bits per heavy atom. The number of anilines is 1. The molecule has 2 aromatic carbocycles. The van der Waals surface area contributed by atoms with E-state index in [0.717, 1.165) is 41.2 Å². The van der Waals surface area contributed by atoms with Gasteiger partial charge in [0.2, 0.25) is 0 Å². The molecule has 0 amide bonds. The first-order chi connectivity index (χ1) is 12.6. The molecule has 0 spiro atoms. The number of halogens is 1. The molecule has 0 aromatic heterocycles. The van der Waals surface area contributed by atoms with Crippen LogP contribution in [0.25, 0.3) is 0 Å². The summed E-state index contributed by atoms with van der Waals surface area (Å²) in [6.07, 6.45) is 3.65. The van der Waals surface area contributed by atoms with Gasteiger partial charge in [0.15, 0.2) is 0 Å². The summed E-state index contributed by atoms with van der Waals surface area (Å²) in [4.78, 5) is 2.18. The maximum absolute atomic E-state index is 8.41. The summed E-state index contributed by atoms with van der Waals surface area (Å²) < 4.78 is 5.43. The lowest BCUT2D eigenvalue weighted by Crippen LogP contribution is -2.35. The number of hydrogen-bond acceptors (Lipinski definition) is 3. The van der Waals surface area contributed by atoms with Crippen LogP contribution in [0.1, 0.15) is 36.0 Å². The van der Waals surface area contributed by atoms with Crippen molar-refractivity contribution in [3.63, 3.8) is 0 Å². The first kappa shape index (κ1) is 18.6. The van der Waals surface area contributed by atoms with Gasteiger partial charge in [-0.25, -0.2) is 0 Å². The highest BCUT2D eigenvalue weighted by Gasteiger charge is 2.15. The Hall–Kier alpha value is -2.20. The van der Waals surface area contributed by atoms with Crippen molar-refractivity contribution >= 4 is 23.1 Å². The second-order valence-corrected chi connectivity index (χ2v) is 7.18. The van der Waals surface area contributed by atoms with Gasteiger partial charge >= 0.3 is 0 Å². The van der Waals surface area contributed by atoms with Crippen molar-refractivity contribution in [1.82, 2.24) is 4.90 Å². The van der Waals surface area contributed by atoms with Gasteiger partial charge in [0.1, 0.15) is 11.6 Å². The number of nitrogens with one attached hydrogen (secondary N) is 2. The SMILES string of the molecule is COc1cc(Cl)cc(C)c1NCc1ccc(C(=N)N2CCCCC2)cc1. The van der Waals surface area contributed by atoms with Crippen LogP contribution >= 0.6 is 11.6 Å². The minimum atomic E-state index is 0.638. The van der Waals surface area contributed by atoms with Crippen LogP contribution in [0.15, 0.2) is 36.4 Å². The fourth-order valence-corrected chi connectivity index (χ4v) is 3.63. The minimum absolute atomic E-state index is 0.638. The highest BCUT2D eigenvalue weighted by Crippen LogP contribution is 2.32. The molecule has 0 saturated carbocycles. The normalized spacial score (nSPS) is 14.2. The van der Waals surface area contributed by atoms with Crippen molar-refractivity contribution in [1.29, 1.82) is 5.41 Å². The number of methoxy groups -OCH3 is 1. The summed E-state index contributed by atoms with van der Waals surface area (Å²) in [7, 11) is 1.65. The van der Waals surface area contributed by atoms with Crippen LogP contribution in [-0.2, 0) is 6.54 Å². The third kappa shape index (κ3) is 4.31. The van der Waals surface area contributed by atoms with Crippen LogP contribution in [-0.4, -0.2) is 30.9 Å². The molecule has 138 valence electrons. The maximum atomic E-state index is 8.41. The van der Waals surface area contributed by atoms with Gasteiger partial charge < -0.3 is 15.0 Å². The van der Waals surface area contributed by atoms with E-state index in [4.69, 9.17) is 21.7 Å². The molecule has 0 bridgehead atoms. The van der Waals surface area contributed by atoms with Gasteiger partial charge in [0, 0.05) is 36.3 Å². The van der Waals surface area contributed by atoms with E-state index in [9.17, 15) is 0 Å². The zero-order valence-corrected chi connectivity index (χ0v) is 16.2. The summed E-state index contributed by atoms with van der Waals surface area (Å²) in [6, 6.07) is 12.0. The molecular formula is C21H26ClN3O. The van der Waals surface area contributed by atoms with Crippen LogP contribution in [0.3, 0.4) is 0 Å². The van der Waals surface area contributed by atoms with Gasteiger partial charge in [-0.05, 0) is 43.4 Å². The molecule has 0 atom stereocenters. The number of rotatable bonds is 5. The summed E-state index contributed by atoms with van der Waals surface area (Å²) in [5, 5.41) is 12.5. The average Bonchev–Trinajstić information content (AvgIpc) is 2.67. The monoisotopic (exact) mass is 371 g/mol. The smallest absolute Gasteiger partial charge is 0.143 e. The van der Waals surface area contributed by atoms with E-state index in [1.165, 1.54) is 19.3 Å². The highest BCUT2D eigenvalue weighted by atomic mass is 35.5. The Labute approximate surface area is 160 Å². The lowest BCUT2D eigenvalue weighted by atomic mass is 10.1. The molecule has 1 fully saturated rings. The van der Waals surface area contributed by atoms with E-state index in [1.807, 2.05) is 31.2 Å². The van der Waals surface area contributed by atoms with Crippen molar-refractivity contribution in [3.8, 4) is 5.75 Å². The number of ether oxygens (including phenoxy) is 1. The number of piperidine rings is 1. The summed E-state index contributed by atoms with van der Waals surface area (Å²) >= 11 is 6.10. The van der Waals surface area contributed by atoms with Crippen molar-refractivity contribution in [2.45, 2.75) is 32.7 Å². The standard InChI is InChI=1S/C21H26ClN3O/c1-15-12-18(22)13-19(26-2)20(15)24-14-16-6-8-17(9-7-16)21(23)25-10-4-3-5-11-25/h6-9,12-13,23-24H,3-5,10-11,14H2,1-2H3. The maximum Gasteiger partial charge on any atom is 0.143 e. The first-order valence-corrected chi connectivity index (χ1v) is 9.47. The van der Waals surface area contributed by atoms with Gasteiger partial charge in [-0.15, -0.1) is 0 Å². The van der Waals surface area contributed by atoms with E-state index >= 15 is 0 Å². The zero-order chi connectivity index (χ0) is 18.5. The van der Waals surface area contributed by atoms with Crippen LogP contribution in [0, 0.1) is 12.3 Å².